The number of ether oxygens (including phenoxy) is 1. The molecule has 8 heteroatoms. The van der Waals surface area contributed by atoms with Crippen molar-refractivity contribution in [3.8, 4) is 5.95 Å². The number of alkyl halides is 3. The summed E-state index contributed by atoms with van der Waals surface area (Å²) in [5, 5.41) is 2.94. The average Bonchev–Trinajstić information content (AvgIpc) is 2.87. The van der Waals surface area contributed by atoms with Crippen LogP contribution in [0.1, 0.15) is 22.4 Å². The second-order valence-electron chi connectivity index (χ2n) is 5.47. The summed E-state index contributed by atoms with van der Waals surface area (Å²) in [6.45, 7) is 4.47. The van der Waals surface area contributed by atoms with Gasteiger partial charge in [-0.25, -0.2) is 0 Å². The summed E-state index contributed by atoms with van der Waals surface area (Å²) in [5.74, 6) is -0.835. The van der Waals surface area contributed by atoms with Gasteiger partial charge >= 0.3 is 12.1 Å². The summed E-state index contributed by atoms with van der Waals surface area (Å²) in [6.07, 6.45) is -4.63. The number of aromatic nitrogens is 1. The summed E-state index contributed by atoms with van der Waals surface area (Å²) >= 11 is 0. The molecule has 0 aliphatic rings. The minimum Gasteiger partial charge on any atom is -0.453 e. The summed E-state index contributed by atoms with van der Waals surface area (Å²) in [4.78, 5) is 13.6. The fourth-order valence-corrected chi connectivity index (χ4v) is 2.16. The van der Waals surface area contributed by atoms with Crippen molar-refractivity contribution in [1.82, 2.24) is 5.16 Å². The molecule has 0 spiro atoms. The number of nitrogens with zero attached hydrogens (tertiary/aromatic N) is 2. The number of likely N-dealkylation sites (N-methyl/N-ethyl adjacent to an activating group) is 1. The molecular weight excluding hydrogens is 325 g/mol. The lowest BCUT2D eigenvalue weighted by Gasteiger charge is -2.20. The van der Waals surface area contributed by atoms with E-state index < -0.39 is 30.3 Å². The van der Waals surface area contributed by atoms with E-state index in [4.69, 9.17) is 4.74 Å². The van der Waals surface area contributed by atoms with Crippen LogP contribution in [-0.4, -0.2) is 24.7 Å². The van der Waals surface area contributed by atoms with Gasteiger partial charge in [-0.3, -0.25) is 4.79 Å². The molecule has 2 rings (SSSR count). The zero-order valence-electron chi connectivity index (χ0n) is 13.7. The van der Waals surface area contributed by atoms with Crippen LogP contribution in [0, 0.1) is 20.8 Å². The average molecular weight is 342 g/mol. The summed E-state index contributed by atoms with van der Waals surface area (Å²) in [7, 11) is 1.57. The third-order valence-electron chi connectivity index (χ3n) is 3.58. The van der Waals surface area contributed by atoms with Crippen LogP contribution in [0.5, 0.6) is 5.95 Å². The largest absolute Gasteiger partial charge is 0.453 e. The standard InChI is InChI=1S/C16H17F3N2O3/c1-9-5-6-10(2)12(7-9)21(4)13(22)8-23-15-11(3)14(20-24-15)16(17,18)19/h5-7H,8H2,1-4H3. The fourth-order valence-electron chi connectivity index (χ4n) is 2.16. The van der Waals surface area contributed by atoms with E-state index in [1.807, 2.05) is 32.0 Å². The van der Waals surface area contributed by atoms with Gasteiger partial charge < -0.3 is 14.2 Å². The Morgan fingerprint density at radius 2 is 1.96 bits per heavy atom. The van der Waals surface area contributed by atoms with Crippen LogP contribution < -0.4 is 9.64 Å². The molecule has 1 heterocycles. The van der Waals surface area contributed by atoms with E-state index in [-0.39, 0.29) is 5.56 Å². The molecule has 0 unspecified atom stereocenters. The molecular formula is C16H17F3N2O3. The van der Waals surface area contributed by atoms with Crippen molar-refractivity contribution < 1.29 is 27.2 Å². The highest BCUT2D eigenvalue weighted by molar-refractivity contribution is 5.94. The van der Waals surface area contributed by atoms with E-state index in [2.05, 4.69) is 9.68 Å². The van der Waals surface area contributed by atoms with Crippen molar-refractivity contribution in [3.63, 3.8) is 0 Å². The number of anilines is 1. The van der Waals surface area contributed by atoms with Crippen molar-refractivity contribution in [2.45, 2.75) is 26.9 Å². The zero-order valence-corrected chi connectivity index (χ0v) is 13.7. The Bertz CT molecular complexity index is 754. The van der Waals surface area contributed by atoms with Gasteiger partial charge in [-0.15, -0.1) is 0 Å². The lowest BCUT2D eigenvalue weighted by atomic mass is 10.1. The molecule has 2 aromatic rings. The first-order valence-corrected chi connectivity index (χ1v) is 7.11. The second-order valence-corrected chi connectivity index (χ2v) is 5.47. The maximum Gasteiger partial charge on any atom is 0.437 e. The normalized spacial score (nSPS) is 11.5. The SMILES string of the molecule is Cc1ccc(C)c(N(C)C(=O)COc2onc(C(F)(F)F)c2C)c1. The van der Waals surface area contributed by atoms with Crippen LogP contribution >= 0.6 is 0 Å². The highest BCUT2D eigenvalue weighted by Crippen LogP contribution is 2.34. The lowest BCUT2D eigenvalue weighted by Crippen LogP contribution is -2.31. The van der Waals surface area contributed by atoms with E-state index in [1.54, 1.807) is 7.05 Å². The van der Waals surface area contributed by atoms with Gasteiger partial charge in [-0.05, 0) is 38.0 Å². The minimum atomic E-state index is -4.63. The number of hydrogen-bond acceptors (Lipinski definition) is 4. The van der Waals surface area contributed by atoms with Crippen molar-refractivity contribution in [2.75, 3.05) is 18.6 Å². The predicted octanol–water partition coefficient (Wildman–Crippen LogP) is 3.66. The maximum atomic E-state index is 12.6. The molecule has 1 aromatic heterocycles. The molecule has 130 valence electrons. The number of hydrogen-bond donors (Lipinski definition) is 0. The topological polar surface area (TPSA) is 55.6 Å². The van der Waals surface area contributed by atoms with Gasteiger partial charge in [0.25, 0.3) is 5.91 Å². The number of amides is 1. The molecule has 0 bridgehead atoms. The maximum absolute atomic E-state index is 12.6. The van der Waals surface area contributed by atoms with Gasteiger partial charge in [0.1, 0.15) is 0 Å². The van der Waals surface area contributed by atoms with E-state index in [0.717, 1.165) is 11.1 Å². The lowest BCUT2D eigenvalue weighted by molar-refractivity contribution is -0.143. The van der Waals surface area contributed by atoms with Gasteiger partial charge in [0.05, 0.1) is 5.56 Å². The molecule has 0 aliphatic heterocycles. The van der Waals surface area contributed by atoms with Crippen molar-refractivity contribution >= 4 is 11.6 Å². The van der Waals surface area contributed by atoms with E-state index in [1.165, 1.54) is 11.8 Å². The van der Waals surface area contributed by atoms with Gasteiger partial charge in [0, 0.05) is 12.7 Å². The number of carbonyl (C=O) groups excluding carboxylic acids is 1. The number of halogens is 3. The smallest absolute Gasteiger partial charge is 0.437 e. The highest BCUT2D eigenvalue weighted by Gasteiger charge is 2.38. The summed E-state index contributed by atoms with van der Waals surface area (Å²) in [6, 6.07) is 5.64. The van der Waals surface area contributed by atoms with Gasteiger partial charge in [-0.1, -0.05) is 17.3 Å². The number of carbonyl (C=O) groups is 1. The third kappa shape index (κ3) is 3.69. The molecule has 1 amide bonds. The first kappa shape index (κ1) is 17.8. The molecule has 0 N–H and O–H groups in total. The van der Waals surface area contributed by atoms with Crippen molar-refractivity contribution in [1.29, 1.82) is 0 Å². The number of rotatable bonds is 4. The zero-order chi connectivity index (χ0) is 18.1. The van der Waals surface area contributed by atoms with Crippen LogP contribution in [0.3, 0.4) is 0 Å². The summed E-state index contributed by atoms with van der Waals surface area (Å²) < 4.78 is 47.5. The number of benzene rings is 1. The van der Waals surface area contributed by atoms with E-state index in [0.29, 0.717) is 5.69 Å². The fraction of sp³-hybridized carbons (Fsp3) is 0.375. The van der Waals surface area contributed by atoms with E-state index in [9.17, 15) is 18.0 Å². The highest BCUT2D eigenvalue weighted by atomic mass is 19.4. The quantitative estimate of drug-likeness (QED) is 0.851. The molecule has 24 heavy (non-hydrogen) atoms. The Labute approximate surface area is 137 Å². The molecule has 0 aliphatic carbocycles. The predicted molar refractivity (Wildman–Crippen MR) is 81.1 cm³/mol. The molecule has 0 atom stereocenters. The Morgan fingerprint density at radius 1 is 1.29 bits per heavy atom. The molecule has 0 saturated carbocycles. The van der Waals surface area contributed by atoms with Gasteiger partial charge in [-0.2, -0.15) is 13.2 Å². The number of aryl methyl sites for hydroxylation is 2. The Morgan fingerprint density at radius 3 is 2.54 bits per heavy atom. The van der Waals surface area contributed by atoms with Gasteiger partial charge in [0.2, 0.25) is 0 Å². The van der Waals surface area contributed by atoms with Crippen LogP contribution in [-0.2, 0) is 11.0 Å². The molecule has 0 saturated heterocycles. The van der Waals surface area contributed by atoms with Crippen molar-refractivity contribution in [2.24, 2.45) is 0 Å². The van der Waals surface area contributed by atoms with E-state index >= 15 is 0 Å². The first-order chi connectivity index (χ1) is 11.1. The van der Waals surface area contributed by atoms with Crippen molar-refractivity contribution in [3.05, 3.63) is 40.6 Å². The Balaban J connectivity index is 2.08. The minimum absolute atomic E-state index is 0.287. The Kier molecular flexibility index (Phi) is 4.86. The monoisotopic (exact) mass is 342 g/mol. The second kappa shape index (κ2) is 6.54. The van der Waals surface area contributed by atoms with Crippen LogP contribution in [0.4, 0.5) is 18.9 Å². The molecule has 5 nitrogen and oxygen atoms in total. The molecule has 1 aromatic carbocycles. The summed E-state index contributed by atoms with van der Waals surface area (Å²) in [5.41, 5.74) is 1.13. The van der Waals surface area contributed by atoms with Gasteiger partial charge in [0.15, 0.2) is 12.3 Å². The van der Waals surface area contributed by atoms with Crippen LogP contribution in [0.25, 0.3) is 0 Å². The third-order valence-corrected chi connectivity index (χ3v) is 3.58. The van der Waals surface area contributed by atoms with Crippen LogP contribution in [0.15, 0.2) is 22.7 Å². The van der Waals surface area contributed by atoms with Crippen LogP contribution in [0.2, 0.25) is 0 Å². The Hall–Kier alpha value is -2.51. The molecule has 0 fully saturated rings. The molecule has 0 radical (unpaired) electrons. The first-order valence-electron chi connectivity index (χ1n) is 7.11.